The molecule has 0 atom stereocenters. The lowest BCUT2D eigenvalue weighted by molar-refractivity contribution is 0.344. The molecule has 1 aromatic heterocycles. The van der Waals surface area contributed by atoms with E-state index in [1.807, 2.05) is 18.2 Å². The zero-order valence-electron chi connectivity index (χ0n) is 15.2. The van der Waals surface area contributed by atoms with Crippen LogP contribution in [0.1, 0.15) is 0 Å². The van der Waals surface area contributed by atoms with Gasteiger partial charge in [0, 0.05) is 5.75 Å². The summed E-state index contributed by atoms with van der Waals surface area (Å²) in [5.74, 6) is 0.798. The number of thioether (sulfide) groups is 1. The molecule has 0 spiro atoms. The highest BCUT2D eigenvalue weighted by molar-refractivity contribution is 7.99. The Morgan fingerprint density at radius 3 is 2.52 bits per heavy atom. The molecule has 4 nitrogen and oxygen atoms in total. The summed E-state index contributed by atoms with van der Waals surface area (Å²) in [4.78, 5) is 17.7. The van der Waals surface area contributed by atoms with Gasteiger partial charge in [0.15, 0.2) is 5.16 Å². The van der Waals surface area contributed by atoms with E-state index in [9.17, 15) is 9.18 Å². The number of para-hydroxylation sites is 2. The normalized spacial score (nSPS) is 11.0. The van der Waals surface area contributed by atoms with Crippen molar-refractivity contribution in [2.45, 2.75) is 5.16 Å². The van der Waals surface area contributed by atoms with Crippen LogP contribution in [0.15, 0.2) is 82.7 Å². The summed E-state index contributed by atoms with van der Waals surface area (Å²) in [6.45, 7) is 0.389. The zero-order chi connectivity index (χ0) is 20.2. The molecule has 0 fully saturated rings. The molecule has 0 bridgehead atoms. The second-order valence-electron chi connectivity index (χ2n) is 6.16. The average molecular weight is 427 g/mol. The number of hydrogen-bond acceptors (Lipinski definition) is 4. The van der Waals surface area contributed by atoms with Crippen LogP contribution < -0.4 is 10.3 Å². The Morgan fingerprint density at radius 2 is 1.72 bits per heavy atom. The van der Waals surface area contributed by atoms with Crippen molar-refractivity contribution in [1.29, 1.82) is 0 Å². The van der Waals surface area contributed by atoms with Gasteiger partial charge in [0.25, 0.3) is 5.56 Å². The molecule has 0 N–H and O–H groups in total. The molecule has 4 aromatic rings. The fraction of sp³-hybridized carbons (Fsp3) is 0.0909. The minimum atomic E-state index is -0.363. The van der Waals surface area contributed by atoms with Crippen molar-refractivity contribution in [1.82, 2.24) is 9.55 Å². The topological polar surface area (TPSA) is 44.1 Å². The largest absolute Gasteiger partial charge is 0.491 e. The standard InChI is InChI=1S/C22H16ClFN2O2S/c23-18-6-2-4-8-20(18)28-13-14-29-22-25-19-7-3-1-5-17(19)21(27)26(22)16-11-9-15(24)10-12-16/h1-12H,13-14H2. The number of hydrogen-bond donors (Lipinski definition) is 0. The fourth-order valence-electron chi connectivity index (χ4n) is 2.87. The highest BCUT2D eigenvalue weighted by atomic mass is 35.5. The monoisotopic (exact) mass is 426 g/mol. The van der Waals surface area contributed by atoms with Crippen LogP contribution in [-0.2, 0) is 0 Å². The van der Waals surface area contributed by atoms with Crippen LogP contribution >= 0.6 is 23.4 Å². The van der Waals surface area contributed by atoms with Gasteiger partial charge in [0.2, 0.25) is 0 Å². The lowest BCUT2D eigenvalue weighted by atomic mass is 10.2. The van der Waals surface area contributed by atoms with E-state index in [2.05, 4.69) is 4.98 Å². The Labute approximate surface area is 175 Å². The van der Waals surface area contributed by atoms with E-state index in [0.717, 1.165) is 0 Å². The van der Waals surface area contributed by atoms with Gasteiger partial charge in [-0.2, -0.15) is 0 Å². The maximum Gasteiger partial charge on any atom is 0.266 e. The van der Waals surface area contributed by atoms with Crippen LogP contribution in [0.4, 0.5) is 4.39 Å². The molecule has 0 saturated carbocycles. The predicted molar refractivity (Wildman–Crippen MR) is 115 cm³/mol. The number of benzene rings is 3. The lowest BCUT2D eigenvalue weighted by Crippen LogP contribution is -2.22. The van der Waals surface area contributed by atoms with E-state index in [4.69, 9.17) is 16.3 Å². The maximum atomic E-state index is 13.4. The van der Waals surface area contributed by atoms with Crippen molar-refractivity contribution in [2.75, 3.05) is 12.4 Å². The summed E-state index contributed by atoms with van der Waals surface area (Å²) in [5.41, 5.74) is 0.978. The Hall–Kier alpha value is -2.83. The third-order valence-electron chi connectivity index (χ3n) is 4.24. The molecule has 0 amide bonds. The molecule has 1 heterocycles. The molecule has 7 heteroatoms. The number of halogens is 2. The van der Waals surface area contributed by atoms with Crippen molar-refractivity contribution < 1.29 is 9.13 Å². The third-order valence-corrected chi connectivity index (χ3v) is 5.45. The van der Waals surface area contributed by atoms with E-state index < -0.39 is 0 Å². The Balaban J connectivity index is 1.63. The molecule has 4 rings (SSSR count). The van der Waals surface area contributed by atoms with Gasteiger partial charge < -0.3 is 4.74 Å². The second-order valence-corrected chi connectivity index (χ2v) is 7.63. The van der Waals surface area contributed by atoms with Gasteiger partial charge in [-0.05, 0) is 48.5 Å². The Kier molecular flexibility index (Phi) is 5.83. The Morgan fingerprint density at radius 1 is 1.00 bits per heavy atom. The first-order chi connectivity index (χ1) is 14.1. The van der Waals surface area contributed by atoms with Crippen LogP contribution in [0.2, 0.25) is 5.02 Å². The highest BCUT2D eigenvalue weighted by Crippen LogP contribution is 2.25. The third kappa shape index (κ3) is 4.28. The first kappa shape index (κ1) is 19.5. The quantitative estimate of drug-likeness (QED) is 0.237. The molecule has 0 aliphatic heterocycles. The molecule has 0 radical (unpaired) electrons. The first-order valence-corrected chi connectivity index (χ1v) is 10.3. The molecule has 29 heavy (non-hydrogen) atoms. The van der Waals surface area contributed by atoms with E-state index in [0.29, 0.717) is 44.9 Å². The average Bonchev–Trinajstić information content (AvgIpc) is 2.73. The first-order valence-electron chi connectivity index (χ1n) is 8.91. The molecule has 0 saturated heterocycles. The maximum absolute atomic E-state index is 13.4. The van der Waals surface area contributed by atoms with Crippen LogP contribution in [0.3, 0.4) is 0 Å². The van der Waals surface area contributed by atoms with E-state index in [1.54, 1.807) is 42.5 Å². The summed E-state index contributed by atoms with van der Waals surface area (Å²) in [5, 5.41) is 1.57. The van der Waals surface area contributed by atoms with Crippen molar-refractivity contribution in [3.8, 4) is 11.4 Å². The second kappa shape index (κ2) is 8.68. The van der Waals surface area contributed by atoms with Crippen molar-refractivity contribution >= 4 is 34.3 Å². The van der Waals surface area contributed by atoms with Gasteiger partial charge in [-0.25, -0.2) is 9.37 Å². The van der Waals surface area contributed by atoms with E-state index >= 15 is 0 Å². The zero-order valence-corrected chi connectivity index (χ0v) is 16.8. The fourth-order valence-corrected chi connectivity index (χ4v) is 3.89. The number of ether oxygens (including phenoxy) is 1. The van der Waals surface area contributed by atoms with Crippen molar-refractivity contribution in [3.05, 3.63) is 94.0 Å². The van der Waals surface area contributed by atoms with Gasteiger partial charge >= 0.3 is 0 Å². The van der Waals surface area contributed by atoms with Crippen LogP contribution in [-0.4, -0.2) is 21.9 Å². The van der Waals surface area contributed by atoms with Crippen molar-refractivity contribution in [3.63, 3.8) is 0 Å². The van der Waals surface area contributed by atoms with Crippen LogP contribution in [0, 0.1) is 5.82 Å². The van der Waals surface area contributed by atoms with Gasteiger partial charge in [-0.3, -0.25) is 9.36 Å². The molecule has 146 valence electrons. The summed E-state index contributed by atoms with van der Waals surface area (Å²) in [7, 11) is 0. The molecule has 0 unspecified atom stereocenters. The lowest BCUT2D eigenvalue weighted by Gasteiger charge is -2.13. The molecule has 0 aliphatic carbocycles. The van der Waals surface area contributed by atoms with Gasteiger partial charge in [0.05, 0.1) is 28.2 Å². The number of aromatic nitrogens is 2. The number of fused-ring (bicyclic) bond motifs is 1. The minimum absolute atomic E-state index is 0.197. The molecular formula is C22H16ClFN2O2S. The highest BCUT2D eigenvalue weighted by Gasteiger charge is 2.13. The summed E-state index contributed by atoms with van der Waals surface area (Å²) in [6.07, 6.45) is 0. The number of nitrogens with zero attached hydrogens (tertiary/aromatic N) is 2. The smallest absolute Gasteiger partial charge is 0.266 e. The SMILES string of the molecule is O=c1c2ccccc2nc(SCCOc2ccccc2Cl)n1-c1ccc(F)cc1. The van der Waals surface area contributed by atoms with Crippen LogP contribution in [0.5, 0.6) is 5.75 Å². The molecule has 0 aliphatic rings. The molecule has 3 aromatic carbocycles. The van der Waals surface area contributed by atoms with Crippen molar-refractivity contribution in [2.24, 2.45) is 0 Å². The summed E-state index contributed by atoms with van der Waals surface area (Å²) >= 11 is 7.49. The summed E-state index contributed by atoms with van der Waals surface area (Å²) in [6, 6.07) is 20.2. The minimum Gasteiger partial charge on any atom is -0.491 e. The van der Waals surface area contributed by atoms with E-state index in [1.165, 1.54) is 28.5 Å². The number of rotatable bonds is 6. The van der Waals surface area contributed by atoms with Crippen LogP contribution in [0.25, 0.3) is 16.6 Å². The molecular weight excluding hydrogens is 411 g/mol. The van der Waals surface area contributed by atoms with Gasteiger partial charge in [0.1, 0.15) is 11.6 Å². The van der Waals surface area contributed by atoms with Gasteiger partial charge in [-0.1, -0.05) is 47.6 Å². The van der Waals surface area contributed by atoms with Gasteiger partial charge in [-0.15, -0.1) is 0 Å². The van der Waals surface area contributed by atoms with E-state index in [-0.39, 0.29) is 11.4 Å². The Bertz CT molecular complexity index is 1210. The summed E-state index contributed by atoms with van der Waals surface area (Å²) < 4.78 is 20.6. The predicted octanol–water partition coefficient (Wildman–Crippen LogP) is 5.35.